The summed E-state index contributed by atoms with van der Waals surface area (Å²) in [6.07, 6.45) is 0. The van der Waals surface area contributed by atoms with E-state index in [2.05, 4.69) is 0 Å². The van der Waals surface area contributed by atoms with Gasteiger partial charge in [-0.25, -0.2) is 9.78 Å². The highest BCUT2D eigenvalue weighted by atomic mass is 17.2. The maximum absolute atomic E-state index is 7.32. The smallest absolute Gasteiger partial charge is 0.123 e. The fourth-order valence-electron chi connectivity index (χ4n) is 1.98. The molecule has 2 aromatic carbocycles. The van der Waals surface area contributed by atoms with Gasteiger partial charge in [0.15, 0.2) is 0 Å². The van der Waals surface area contributed by atoms with E-state index in [-0.39, 0.29) is 0 Å². The predicted octanol–water partition coefficient (Wildman–Crippen LogP) is 5.34. The molecule has 23 heavy (non-hydrogen) atoms. The lowest BCUT2D eigenvalue weighted by Gasteiger charge is -2.31. The molecule has 3 heteroatoms. The Kier molecular flexibility index (Phi) is 6.96. The number of hydrogen-bond donors (Lipinski definition) is 0. The molecule has 2 rings (SSSR count). The molecule has 0 amide bonds. The van der Waals surface area contributed by atoms with Crippen LogP contribution in [0.4, 0.5) is 0 Å². The monoisotopic (exact) mass is 311 g/mol. The van der Waals surface area contributed by atoms with Crippen LogP contribution in [0.2, 0.25) is 0 Å². The molecule has 0 atom stereocenters. The van der Waals surface area contributed by atoms with E-state index in [0.717, 1.165) is 11.1 Å². The Morgan fingerprint density at radius 3 is 1.22 bits per heavy atom. The van der Waals surface area contributed by atoms with Crippen LogP contribution in [0, 0.1) is 11.3 Å². The fraction of sp³-hybridized carbons (Fsp3) is 0.350. The zero-order valence-corrected chi connectivity index (χ0v) is 14.5. The molecule has 3 nitrogen and oxygen atoms in total. The molecule has 0 radical (unpaired) electrons. The third kappa shape index (κ3) is 5.86. The zero-order chi connectivity index (χ0) is 17.3. The predicted molar refractivity (Wildman–Crippen MR) is 92.4 cm³/mol. The van der Waals surface area contributed by atoms with Gasteiger partial charge in [-0.15, -0.1) is 0 Å². The first kappa shape index (κ1) is 18.9. The molecule has 0 aliphatic carbocycles. The van der Waals surface area contributed by atoms with Crippen LogP contribution in [0.25, 0.3) is 0 Å². The van der Waals surface area contributed by atoms with E-state index in [4.69, 9.17) is 15.0 Å². The summed E-state index contributed by atoms with van der Waals surface area (Å²) >= 11 is 0. The first-order valence-electron chi connectivity index (χ1n) is 7.62. The molecule has 0 saturated heterocycles. The Morgan fingerprint density at radius 1 is 0.696 bits per heavy atom. The topological polar surface area (TPSA) is 42.2 Å². The Hall–Kier alpha value is -2.15. The van der Waals surface area contributed by atoms with Crippen molar-refractivity contribution in [2.75, 3.05) is 0 Å². The summed E-state index contributed by atoms with van der Waals surface area (Å²) in [5, 5.41) is 7.32. The normalized spacial score (nSPS) is 11.1. The van der Waals surface area contributed by atoms with E-state index < -0.39 is 11.2 Å². The largest absolute Gasteiger partial charge is 0.225 e. The highest BCUT2D eigenvalue weighted by Crippen LogP contribution is 2.31. The Morgan fingerprint density at radius 2 is 0.957 bits per heavy atom. The molecule has 0 fully saturated rings. The van der Waals surface area contributed by atoms with Gasteiger partial charge in [0.05, 0.1) is 6.07 Å². The van der Waals surface area contributed by atoms with Crippen LogP contribution in [0.1, 0.15) is 45.7 Å². The Bertz CT molecular complexity index is 562. The second kappa shape index (κ2) is 8.47. The average molecular weight is 311 g/mol. The van der Waals surface area contributed by atoms with Crippen molar-refractivity contribution in [3.05, 3.63) is 71.8 Å². The molecule has 0 N–H and O–H groups in total. The molecule has 122 valence electrons. The van der Waals surface area contributed by atoms with Gasteiger partial charge in [-0.1, -0.05) is 60.7 Å². The van der Waals surface area contributed by atoms with Crippen molar-refractivity contribution in [3.63, 3.8) is 0 Å². The molecule has 0 aliphatic rings. The van der Waals surface area contributed by atoms with Crippen LogP contribution in [0.3, 0.4) is 0 Å². The summed E-state index contributed by atoms with van der Waals surface area (Å²) in [5.74, 6) is 0. The average Bonchev–Trinajstić information content (AvgIpc) is 2.56. The van der Waals surface area contributed by atoms with Gasteiger partial charge in [0.1, 0.15) is 11.2 Å². The summed E-state index contributed by atoms with van der Waals surface area (Å²) in [5.41, 5.74) is 1.19. The van der Waals surface area contributed by atoms with Gasteiger partial charge in [0, 0.05) is 6.92 Å². The lowest BCUT2D eigenvalue weighted by Crippen LogP contribution is -2.29. The SMILES string of the molecule is CC#N.CC(C)(OOC(C)(C)c1ccccc1)c1ccccc1. The van der Waals surface area contributed by atoms with Crippen molar-refractivity contribution in [2.24, 2.45) is 0 Å². The van der Waals surface area contributed by atoms with Gasteiger partial charge in [-0.05, 0) is 38.8 Å². The van der Waals surface area contributed by atoms with Gasteiger partial charge < -0.3 is 0 Å². The van der Waals surface area contributed by atoms with Crippen molar-refractivity contribution in [1.29, 1.82) is 5.26 Å². The van der Waals surface area contributed by atoms with Crippen molar-refractivity contribution < 1.29 is 9.78 Å². The Labute approximate surface area is 139 Å². The van der Waals surface area contributed by atoms with Crippen LogP contribution >= 0.6 is 0 Å². The molecule has 0 spiro atoms. The minimum absolute atomic E-state index is 0.493. The highest BCUT2D eigenvalue weighted by molar-refractivity contribution is 5.22. The van der Waals surface area contributed by atoms with Crippen molar-refractivity contribution >= 4 is 0 Å². The lowest BCUT2D eigenvalue weighted by molar-refractivity contribution is -0.410. The number of nitriles is 1. The van der Waals surface area contributed by atoms with Crippen molar-refractivity contribution in [1.82, 2.24) is 0 Å². The van der Waals surface area contributed by atoms with Gasteiger partial charge in [-0.3, -0.25) is 0 Å². The minimum atomic E-state index is -0.493. The van der Waals surface area contributed by atoms with E-state index in [0.29, 0.717) is 0 Å². The summed E-state index contributed by atoms with van der Waals surface area (Å²) in [6, 6.07) is 21.9. The molecule has 0 unspecified atom stereocenters. The van der Waals surface area contributed by atoms with E-state index in [1.54, 1.807) is 6.07 Å². The highest BCUT2D eigenvalue weighted by Gasteiger charge is 2.29. The van der Waals surface area contributed by atoms with Crippen molar-refractivity contribution in [2.45, 2.75) is 45.8 Å². The second-order valence-electron chi connectivity index (χ2n) is 6.14. The second-order valence-corrected chi connectivity index (χ2v) is 6.14. The quantitative estimate of drug-likeness (QED) is 0.553. The van der Waals surface area contributed by atoms with Crippen LogP contribution < -0.4 is 0 Å². The molecular weight excluding hydrogens is 286 g/mol. The van der Waals surface area contributed by atoms with Gasteiger partial charge >= 0.3 is 0 Å². The van der Waals surface area contributed by atoms with E-state index in [9.17, 15) is 0 Å². The van der Waals surface area contributed by atoms with Gasteiger partial charge in [-0.2, -0.15) is 5.26 Å². The van der Waals surface area contributed by atoms with E-state index >= 15 is 0 Å². The molecule has 0 aliphatic heterocycles. The third-order valence-electron chi connectivity index (χ3n) is 3.40. The van der Waals surface area contributed by atoms with Gasteiger partial charge in [0.25, 0.3) is 0 Å². The lowest BCUT2D eigenvalue weighted by atomic mass is 9.98. The fourth-order valence-corrected chi connectivity index (χ4v) is 1.98. The van der Waals surface area contributed by atoms with Crippen molar-refractivity contribution in [3.8, 4) is 6.07 Å². The summed E-state index contributed by atoms with van der Waals surface area (Å²) < 4.78 is 0. The maximum Gasteiger partial charge on any atom is 0.123 e. The molecular formula is C20H25NO2. The van der Waals surface area contributed by atoms with Crippen LogP contribution in [0.15, 0.2) is 60.7 Å². The Balaban J connectivity index is 0.000000816. The first-order valence-corrected chi connectivity index (χ1v) is 7.62. The van der Waals surface area contributed by atoms with Crippen LogP contribution in [-0.4, -0.2) is 0 Å². The van der Waals surface area contributed by atoms with E-state index in [1.165, 1.54) is 6.92 Å². The zero-order valence-electron chi connectivity index (χ0n) is 14.5. The molecule has 0 aromatic heterocycles. The summed E-state index contributed by atoms with van der Waals surface area (Å²) in [7, 11) is 0. The third-order valence-corrected chi connectivity index (χ3v) is 3.40. The number of benzene rings is 2. The van der Waals surface area contributed by atoms with Crippen LogP contribution in [-0.2, 0) is 21.0 Å². The minimum Gasteiger partial charge on any atom is -0.225 e. The van der Waals surface area contributed by atoms with Crippen LogP contribution in [0.5, 0.6) is 0 Å². The summed E-state index contributed by atoms with van der Waals surface area (Å²) in [4.78, 5) is 11.5. The maximum atomic E-state index is 7.32. The summed E-state index contributed by atoms with van der Waals surface area (Å²) in [6.45, 7) is 9.44. The number of rotatable bonds is 5. The number of nitrogens with zero attached hydrogens (tertiary/aromatic N) is 1. The molecule has 2 aromatic rings. The number of hydrogen-bond acceptors (Lipinski definition) is 3. The standard InChI is InChI=1S/C18H22O2.C2H3N/c1-17(2,15-11-7-5-8-12-15)19-20-18(3,4)16-13-9-6-10-14-16;1-2-3/h5-14H,1-4H3;1H3. The first-order chi connectivity index (χ1) is 10.8. The van der Waals surface area contributed by atoms with E-state index in [1.807, 2.05) is 88.4 Å². The molecule has 0 saturated carbocycles. The molecule has 0 bridgehead atoms. The molecule has 0 heterocycles. The van der Waals surface area contributed by atoms with Gasteiger partial charge in [0.2, 0.25) is 0 Å².